The number of nitrogens with two attached hydrogens (primary N) is 2. The van der Waals surface area contributed by atoms with Crippen LogP contribution in [0.25, 0.3) is 10.9 Å². The molecule has 5 N–H and O–H groups in total. The number of aromatic nitrogens is 2. The number of hydrogen-bond donors (Lipinski definition) is 3. The molecule has 4 aromatic rings. The monoisotopic (exact) mass is 546 g/mol. The van der Waals surface area contributed by atoms with Crippen LogP contribution in [0.4, 0.5) is 5.69 Å². The second-order valence-electron chi connectivity index (χ2n) is 9.02. The standard InChI is InChI=1S/C28H30N6O4S/c1-17-5-3-6-18(15-17)10-13-34(28(37)25-22(29)23(26(30)35)33-39-25)24(27(36)32-12-14-38-2)20-8-9-21-19(16-20)7-4-11-31-21/h3-9,11,15-16,24H,10,12-14,29H2,1-2H3,(H2,30,35)(H,32,36). The molecule has 0 bridgehead atoms. The van der Waals surface area contributed by atoms with Crippen molar-refractivity contribution in [2.45, 2.75) is 19.4 Å². The number of benzene rings is 2. The van der Waals surface area contributed by atoms with E-state index in [4.69, 9.17) is 16.2 Å². The minimum atomic E-state index is -1.01. The molecule has 39 heavy (non-hydrogen) atoms. The molecule has 11 heteroatoms. The molecule has 10 nitrogen and oxygen atoms in total. The van der Waals surface area contributed by atoms with Gasteiger partial charge >= 0.3 is 0 Å². The van der Waals surface area contributed by atoms with E-state index in [0.29, 0.717) is 18.6 Å². The van der Waals surface area contributed by atoms with Gasteiger partial charge in [-0.1, -0.05) is 42.0 Å². The Balaban J connectivity index is 1.80. The van der Waals surface area contributed by atoms with Gasteiger partial charge in [-0.25, -0.2) is 0 Å². The number of methoxy groups -OCH3 is 1. The van der Waals surface area contributed by atoms with E-state index in [1.165, 1.54) is 4.90 Å². The summed E-state index contributed by atoms with van der Waals surface area (Å²) in [7, 11) is 1.54. The molecule has 3 amide bonds. The second-order valence-corrected chi connectivity index (χ2v) is 9.79. The van der Waals surface area contributed by atoms with E-state index in [-0.39, 0.29) is 35.3 Å². The van der Waals surface area contributed by atoms with E-state index in [2.05, 4.69) is 14.7 Å². The Kier molecular flexibility index (Phi) is 8.84. The SMILES string of the molecule is COCCNC(=O)C(c1ccc2ncccc2c1)N(CCc1cccc(C)c1)C(=O)c1snc(C(N)=O)c1N. The molecule has 4 rings (SSSR count). The number of carbonyl (C=O) groups excluding carboxylic acids is 3. The van der Waals surface area contributed by atoms with Crippen LogP contribution in [0, 0.1) is 6.92 Å². The van der Waals surface area contributed by atoms with Gasteiger partial charge in [0.05, 0.1) is 17.8 Å². The molecule has 1 atom stereocenters. The first-order valence-electron chi connectivity index (χ1n) is 12.3. The van der Waals surface area contributed by atoms with E-state index < -0.39 is 17.9 Å². The van der Waals surface area contributed by atoms with Gasteiger partial charge in [-0.3, -0.25) is 19.4 Å². The molecule has 202 valence electrons. The first-order valence-corrected chi connectivity index (χ1v) is 13.1. The summed E-state index contributed by atoms with van der Waals surface area (Å²) < 4.78 is 9.10. The summed E-state index contributed by atoms with van der Waals surface area (Å²) in [5.74, 6) is -1.74. The molecule has 1 unspecified atom stereocenters. The molecule has 2 aromatic heterocycles. The summed E-state index contributed by atoms with van der Waals surface area (Å²) in [5.41, 5.74) is 14.7. The normalized spacial score (nSPS) is 11.7. The summed E-state index contributed by atoms with van der Waals surface area (Å²) in [4.78, 5) is 45.4. The van der Waals surface area contributed by atoms with Crippen LogP contribution in [0.1, 0.15) is 42.9 Å². The Labute approximate surface area is 230 Å². The smallest absolute Gasteiger partial charge is 0.270 e. The molecule has 0 saturated carbocycles. The maximum Gasteiger partial charge on any atom is 0.270 e. The van der Waals surface area contributed by atoms with Crippen LogP contribution < -0.4 is 16.8 Å². The number of rotatable bonds is 11. The highest BCUT2D eigenvalue weighted by molar-refractivity contribution is 7.09. The van der Waals surface area contributed by atoms with Crippen LogP contribution in [0.2, 0.25) is 0 Å². The van der Waals surface area contributed by atoms with Gasteiger partial charge in [0.2, 0.25) is 5.91 Å². The summed E-state index contributed by atoms with van der Waals surface area (Å²) >= 11 is 0.785. The van der Waals surface area contributed by atoms with Gasteiger partial charge in [0, 0.05) is 31.8 Å². The molecule has 0 saturated heterocycles. The Morgan fingerprint density at radius 1 is 1.13 bits per heavy atom. The van der Waals surface area contributed by atoms with Gasteiger partial charge < -0.3 is 26.4 Å². The third-order valence-electron chi connectivity index (χ3n) is 6.25. The summed E-state index contributed by atoms with van der Waals surface area (Å²) in [6, 6.07) is 16.1. The first kappa shape index (κ1) is 27.7. The Hall–Kier alpha value is -4.35. The highest BCUT2D eigenvalue weighted by Crippen LogP contribution is 2.30. The number of carbonyl (C=O) groups is 3. The zero-order valence-electron chi connectivity index (χ0n) is 21.7. The van der Waals surface area contributed by atoms with Crippen molar-refractivity contribution in [3.63, 3.8) is 0 Å². The van der Waals surface area contributed by atoms with Crippen molar-refractivity contribution in [2.75, 3.05) is 32.5 Å². The van der Waals surface area contributed by atoms with Crippen molar-refractivity contribution >= 4 is 45.8 Å². The maximum absolute atomic E-state index is 14.0. The average Bonchev–Trinajstić information content (AvgIpc) is 3.32. The lowest BCUT2D eigenvalue weighted by atomic mass is 10.00. The molecule has 0 aliphatic rings. The van der Waals surface area contributed by atoms with Crippen molar-refractivity contribution in [2.24, 2.45) is 5.73 Å². The van der Waals surface area contributed by atoms with E-state index in [0.717, 1.165) is 33.6 Å². The average molecular weight is 547 g/mol. The minimum Gasteiger partial charge on any atom is -0.395 e. The van der Waals surface area contributed by atoms with Crippen molar-refractivity contribution in [1.82, 2.24) is 19.6 Å². The van der Waals surface area contributed by atoms with Crippen LogP contribution >= 0.6 is 11.5 Å². The maximum atomic E-state index is 14.0. The lowest BCUT2D eigenvalue weighted by Gasteiger charge is -2.31. The minimum absolute atomic E-state index is 0.0465. The quantitative estimate of drug-likeness (QED) is 0.244. The number of anilines is 1. The molecule has 0 aliphatic carbocycles. The highest BCUT2D eigenvalue weighted by Gasteiger charge is 2.34. The number of pyridine rings is 1. The van der Waals surface area contributed by atoms with Crippen molar-refractivity contribution in [3.05, 3.63) is 88.1 Å². The van der Waals surface area contributed by atoms with Gasteiger partial charge in [-0.2, -0.15) is 4.37 Å². The van der Waals surface area contributed by atoms with Crippen molar-refractivity contribution in [3.8, 4) is 0 Å². The van der Waals surface area contributed by atoms with Crippen LogP contribution in [-0.4, -0.2) is 58.8 Å². The zero-order chi connectivity index (χ0) is 27.9. The molecular weight excluding hydrogens is 516 g/mol. The number of amides is 3. The molecule has 2 heterocycles. The number of nitrogens with one attached hydrogen (secondary N) is 1. The lowest BCUT2D eigenvalue weighted by Crippen LogP contribution is -2.45. The molecular formula is C28H30N6O4S. The summed E-state index contributed by atoms with van der Waals surface area (Å²) in [5, 5.41) is 3.69. The number of hydrogen-bond acceptors (Lipinski definition) is 8. The predicted octanol–water partition coefficient (Wildman–Crippen LogP) is 2.87. The highest BCUT2D eigenvalue weighted by atomic mass is 32.1. The Morgan fingerprint density at radius 2 is 1.95 bits per heavy atom. The molecule has 0 fully saturated rings. The van der Waals surface area contributed by atoms with E-state index in [9.17, 15) is 14.4 Å². The molecule has 0 aliphatic heterocycles. The first-order chi connectivity index (χ1) is 18.8. The van der Waals surface area contributed by atoms with Gasteiger partial charge in [-0.05, 0) is 54.2 Å². The van der Waals surface area contributed by atoms with Crippen LogP contribution in [-0.2, 0) is 16.0 Å². The van der Waals surface area contributed by atoms with Crippen molar-refractivity contribution in [1.29, 1.82) is 0 Å². The fraction of sp³-hybridized carbons (Fsp3) is 0.250. The lowest BCUT2D eigenvalue weighted by molar-refractivity contribution is -0.126. The van der Waals surface area contributed by atoms with Gasteiger partial charge in [0.25, 0.3) is 11.8 Å². The number of aryl methyl sites for hydroxylation is 1. The predicted molar refractivity (Wildman–Crippen MR) is 150 cm³/mol. The molecule has 0 radical (unpaired) electrons. The number of fused-ring (bicyclic) bond motifs is 1. The molecule has 2 aromatic carbocycles. The van der Waals surface area contributed by atoms with Crippen LogP contribution in [0.15, 0.2) is 60.8 Å². The van der Waals surface area contributed by atoms with Crippen LogP contribution in [0.3, 0.4) is 0 Å². The van der Waals surface area contributed by atoms with Crippen molar-refractivity contribution < 1.29 is 19.1 Å². The number of nitrogen functional groups attached to an aromatic ring is 1. The van der Waals surface area contributed by atoms with E-state index in [1.807, 2.05) is 55.5 Å². The fourth-order valence-electron chi connectivity index (χ4n) is 4.33. The number of nitrogens with zero attached hydrogens (tertiary/aromatic N) is 3. The molecule has 0 spiro atoms. The van der Waals surface area contributed by atoms with Gasteiger partial charge in [0.15, 0.2) is 5.69 Å². The largest absolute Gasteiger partial charge is 0.395 e. The fourth-order valence-corrected chi connectivity index (χ4v) is 5.10. The topological polar surface area (TPSA) is 154 Å². The number of ether oxygens (including phenoxy) is 1. The zero-order valence-corrected chi connectivity index (χ0v) is 22.5. The Morgan fingerprint density at radius 3 is 2.67 bits per heavy atom. The van der Waals surface area contributed by atoms with Gasteiger partial charge in [0.1, 0.15) is 10.9 Å². The number of primary amides is 1. The van der Waals surface area contributed by atoms with Crippen LogP contribution in [0.5, 0.6) is 0 Å². The third kappa shape index (κ3) is 6.39. The second kappa shape index (κ2) is 12.5. The summed E-state index contributed by atoms with van der Waals surface area (Å²) in [6.45, 7) is 2.75. The van der Waals surface area contributed by atoms with E-state index >= 15 is 0 Å². The summed E-state index contributed by atoms with van der Waals surface area (Å²) in [6.07, 6.45) is 2.17. The van der Waals surface area contributed by atoms with E-state index in [1.54, 1.807) is 19.4 Å². The Bertz CT molecular complexity index is 1500. The third-order valence-corrected chi connectivity index (χ3v) is 7.10. The van der Waals surface area contributed by atoms with Gasteiger partial charge in [-0.15, -0.1) is 0 Å².